The molecule has 0 fully saturated rings. The van der Waals surface area contributed by atoms with Crippen molar-refractivity contribution in [1.29, 1.82) is 0 Å². The van der Waals surface area contributed by atoms with Gasteiger partial charge in [0.2, 0.25) is 5.91 Å². The van der Waals surface area contributed by atoms with Gasteiger partial charge < -0.3 is 11.1 Å². The molecule has 1 aromatic carbocycles. The standard InChI is InChI=1S/C16H19N3O/c1-12(14-3-2-9-18-11-14)16(20)19-10-8-13-4-6-15(17)7-5-13/h2-7,9,11-12H,8,10,17H2,1H3,(H,19,20). The second-order valence-corrected chi connectivity index (χ2v) is 4.79. The predicted molar refractivity (Wildman–Crippen MR) is 80.2 cm³/mol. The van der Waals surface area contributed by atoms with E-state index in [2.05, 4.69) is 10.3 Å². The number of amides is 1. The molecule has 0 saturated carbocycles. The van der Waals surface area contributed by atoms with Gasteiger partial charge in [0.1, 0.15) is 0 Å². The highest BCUT2D eigenvalue weighted by atomic mass is 16.1. The number of aromatic nitrogens is 1. The van der Waals surface area contributed by atoms with Gasteiger partial charge in [0.05, 0.1) is 5.92 Å². The maximum Gasteiger partial charge on any atom is 0.227 e. The summed E-state index contributed by atoms with van der Waals surface area (Å²) >= 11 is 0. The van der Waals surface area contributed by atoms with Crippen LogP contribution in [0.5, 0.6) is 0 Å². The lowest BCUT2D eigenvalue weighted by molar-refractivity contribution is -0.122. The van der Waals surface area contributed by atoms with E-state index in [1.807, 2.05) is 43.3 Å². The number of nitrogens with zero attached hydrogens (tertiary/aromatic N) is 1. The number of nitrogens with two attached hydrogens (primary N) is 1. The molecular weight excluding hydrogens is 250 g/mol. The number of carbonyl (C=O) groups excluding carboxylic acids is 1. The fraction of sp³-hybridized carbons (Fsp3) is 0.250. The van der Waals surface area contributed by atoms with Crippen LogP contribution in [0.2, 0.25) is 0 Å². The van der Waals surface area contributed by atoms with Gasteiger partial charge in [-0.05, 0) is 42.7 Å². The Bertz CT molecular complexity index is 552. The van der Waals surface area contributed by atoms with E-state index in [1.165, 1.54) is 0 Å². The lowest BCUT2D eigenvalue weighted by atomic mass is 10.0. The SMILES string of the molecule is CC(C(=O)NCCc1ccc(N)cc1)c1cccnc1. The van der Waals surface area contributed by atoms with E-state index >= 15 is 0 Å². The maximum absolute atomic E-state index is 12.0. The monoisotopic (exact) mass is 269 g/mol. The van der Waals surface area contributed by atoms with E-state index in [4.69, 9.17) is 5.73 Å². The Labute approximate surface area is 119 Å². The van der Waals surface area contributed by atoms with Gasteiger partial charge in [-0.3, -0.25) is 9.78 Å². The quantitative estimate of drug-likeness (QED) is 0.817. The van der Waals surface area contributed by atoms with Crippen molar-refractivity contribution in [3.05, 3.63) is 59.9 Å². The maximum atomic E-state index is 12.0. The fourth-order valence-electron chi connectivity index (χ4n) is 1.95. The topological polar surface area (TPSA) is 68.0 Å². The van der Waals surface area contributed by atoms with Crippen LogP contribution in [0, 0.1) is 0 Å². The van der Waals surface area contributed by atoms with Gasteiger partial charge in [-0.1, -0.05) is 18.2 Å². The number of carbonyl (C=O) groups is 1. The van der Waals surface area contributed by atoms with Crippen molar-refractivity contribution >= 4 is 11.6 Å². The molecule has 1 unspecified atom stereocenters. The minimum absolute atomic E-state index is 0.0217. The molecule has 1 aromatic heterocycles. The lowest BCUT2D eigenvalue weighted by Gasteiger charge is -2.12. The smallest absolute Gasteiger partial charge is 0.227 e. The third kappa shape index (κ3) is 3.82. The highest BCUT2D eigenvalue weighted by Gasteiger charge is 2.14. The molecule has 1 atom stereocenters. The van der Waals surface area contributed by atoms with Crippen LogP contribution >= 0.6 is 0 Å². The number of nitrogens with one attached hydrogen (secondary N) is 1. The second kappa shape index (κ2) is 6.70. The van der Waals surface area contributed by atoms with Crippen LogP contribution in [0.4, 0.5) is 5.69 Å². The van der Waals surface area contributed by atoms with Crippen molar-refractivity contribution in [2.45, 2.75) is 19.3 Å². The van der Waals surface area contributed by atoms with E-state index in [-0.39, 0.29) is 11.8 Å². The first-order chi connectivity index (χ1) is 9.66. The molecule has 0 spiro atoms. The molecule has 4 heteroatoms. The molecule has 1 heterocycles. The number of rotatable bonds is 5. The normalized spacial score (nSPS) is 11.8. The number of hydrogen-bond donors (Lipinski definition) is 2. The summed E-state index contributed by atoms with van der Waals surface area (Å²) in [6, 6.07) is 11.5. The van der Waals surface area contributed by atoms with Crippen molar-refractivity contribution in [2.75, 3.05) is 12.3 Å². The molecule has 1 amide bonds. The highest BCUT2D eigenvalue weighted by Crippen LogP contribution is 2.13. The summed E-state index contributed by atoms with van der Waals surface area (Å²) in [6.07, 6.45) is 4.23. The highest BCUT2D eigenvalue weighted by molar-refractivity contribution is 5.83. The first-order valence-electron chi connectivity index (χ1n) is 6.69. The van der Waals surface area contributed by atoms with Gasteiger partial charge in [-0.2, -0.15) is 0 Å². The third-order valence-corrected chi connectivity index (χ3v) is 3.27. The first-order valence-corrected chi connectivity index (χ1v) is 6.69. The molecule has 20 heavy (non-hydrogen) atoms. The molecule has 0 aliphatic carbocycles. The Kier molecular flexibility index (Phi) is 4.71. The van der Waals surface area contributed by atoms with E-state index in [0.29, 0.717) is 6.54 Å². The average Bonchev–Trinajstić information content (AvgIpc) is 2.49. The largest absolute Gasteiger partial charge is 0.399 e. The van der Waals surface area contributed by atoms with Gasteiger partial charge in [0, 0.05) is 24.6 Å². The van der Waals surface area contributed by atoms with Gasteiger partial charge in [-0.15, -0.1) is 0 Å². The number of anilines is 1. The number of benzene rings is 1. The number of nitrogen functional groups attached to an aromatic ring is 1. The van der Waals surface area contributed by atoms with E-state index in [1.54, 1.807) is 12.4 Å². The zero-order valence-corrected chi connectivity index (χ0v) is 11.5. The molecular formula is C16H19N3O. The van der Waals surface area contributed by atoms with Crippen LogP contribution < -0.4 is 11.1 Å². The molecule has 104 valence electrons. The summed E-state index contributed by atoms with van der Waals surface area (Å²) in [5.74, 6) is -0.163. The molecule has 2 aromatic rings. The van der Waals surface area contributed by atoms with Gasteiger partial charge in [0.25, 0.3) is 0 Å². The Morgan fingerprint density at radius 1 is 1.30 bits per heavy atom. The summed E-state index contributed by atoms with van der Waals surface area (Å²) in [5.41, 5.74) is 8.47. The number of hydrogen-bond acceptors (Lipinski definition) is 3. The molecule has 0 aliphatic heterocycles. The van der Waals surface area contributed by atoms with Gasteiger partial charge >= 0.3 is 0 Å². The summed E-state index contributed by atoms with van der Waals surface area (Å²) in [4.78, 5) is 16.1. The van der Waals surface area contributed by atoms with Gasteiger partial charge in [0.15, 0.2) is 0 Å². The minimum atomic E-state index is -0.185. The Balaban J connectivity index is 1.82. The summed E-state index contributed by atoms with van der Waals surface area (Å²) in [6.45, 7) is 2.50. The molecule has 3 N–H and O–H groups in total. The molecule has 0 bridgehead atoms. The zero-order valence-electron chi connectivity index (χ0n) is 11.5. The van der Waals surface area contributed by atoms with Crippen LogP contribution in [0.25, 0.3) is 0 Å². The molecule has 0 radical (unpaired) electrons. The fourth-order valence-corrected chi connectivity index (χ4v) is 1.95. The van der Waals surface area contributed by atoms with Crippen molar-refractivity contribution in [3.8, 4) is 0 Å². The Morgan fingerprint density at radius 2 is 2.05 bits per heavy atom. The van der Waals surface area contributed by atoms with E-state index in [9.17, 15) is 4.79 Å². The molecule has 4 nitrogen and oxygen atoms in total. The number of pyridine rings is 1. The predicted octanol–water partition coefficient (Wildman–Crippen LogP) is 2.13. The van der Waals surface area contributed by atoms with Gasteiger partial charge in [-0.25, -0.2) is 0 Å². The van der Waals surface area contributed by atoms with Crippen molar-refractivity contribution < 1.29 is 4.79 Å². The first kappa shape index (κ1) is 14.1. The summed E-state index contributed by atoms with van der Waals surface area (Å²) in [7, 11) is 0. The summed E-state index contributed by atoms with van der Waals surface area (Å²) in [5, 5.41) is 2.95. The van der Waals surface area contributed by atoms with Crippen LogP contribution in [-0.4, -0.2) is 17.4 Å². The molecule has 0 aliphatic rings. The Morgan fingerprint density at radius 3 is 2.70 bits per heavy atom. The van der Waals surface area contributed by atoms with Crippen molar-refractivity contribution in [2.24, 2.45) is 0 Å². The lowest BCUT2D eigenvalue weighted by Crippen LogP contribution is -2.29. The van der Waals surface area contributed by atoms with E-state index in [0.717, 1.165) is 23.2 Å². The second-order valence-electron chi connectivity index (χ2n) is 4.79. The van der Waals surface area contributed by atoms with Crippen LogP contribution in [-0.2, 0) is 11.2 Å². The average molecular weight is 269 g/mol. The minimum Gasteiger partial charge on any atom is -0.399 e. The third-order valence-electron chi connectivity index (χ3n) is 3.27. The zero-order chi connectivity index (χ0) is 14.4. The molecule has 0 saturated heterocycles. The van der Waals surface area contributed by atoms with E-state index < -0.39 is 0 Å². The van der Waals surface area contributed by atoms with Crippen LogP contribution in [0.1, 0.15) is 24.0 Å². The molecule has 2 rings (SSSR count). The summed E-state index contributed by atoms with van der Waals surface area (Å²) < 4.78 is 0. The van der Waals surface area contributed by atoms with Crippen molar-refractivity contribution in [3.63, 3.8) is 0 Å². The Hall–Kier alpha value is -2.36. The van der Waals surface area contributed by atoms with Crippen LogP contribution in [0.3, 0.4) is 0 Å². The van der Waals surface area contributed by atoms with Crippen molar-refractivity contribution in [1.82, 2.24) is 10.3 Å². The van der Waals surface area contributed by atoms with Crippen LogP contribution in [0.15, 0.2) is 48.8 Å².